The second kappa shape index (κ2) is 20.5. The zero-order valence-electron chi connectivity index (χ0n) is 48.6. The highest BCUT2D eigenvalue weighted by Gasteiger charge is 2.26. The quantitative estimate of drug-likeness (QED) is 0.133. The number of hydrogen-bond donors (Lipinski definition) is 0. The molecule has 0 aromatic heterocycles. The minimum absolute atomic E-state index is 1.11. The summed E-state index contributed by atoms with van der Waals surface area (Å²) in [5.41, 5.74) is 18.7. The van der Waals surface area contributed by atoms with Crippen molar-refractivity contribution in [2.75, 3.05) is 9.80 Å². The van der Waals surface area contributed by atoms with Crippen molar-refractivity contribution in [3.8, 4) is 33.4 Å². The number of rotatable bonds is 9. The molecule has 0 unspecified atom stereocenters. The van der Waals surface area contributed by atoms with E-state index in [4.69, 9.17) is 0 Å². The summed E-state index contributed by atoms with van der Waals surface area (Å²) in [7, 11) is 0. The molecule has 406 valence electrons. The molecule has 0 saturated heterocycles. The van der Waals surface area contributed by atoms with E-state index in [9.17, 15) is 0 Å². The van der Waals surface area contributed by atoms with Crippen LogP contribution < -0.4 is 9.80 Å². The van der Waals surface area contributed by atoms with Crippen LogP contribution in [0.1, 0.15) is 22.3 Å². The first kappa shape index (κ1) is 50.9. The molecule has 0 aliphatic carbocycles. The number of nitrogens with zero attached hydrogens (tertiary/aromatic N) is 2. The zero-order chi connectivity index (χ0) is 57.6. The molecule has 0 radical (unpaired) electrons. The van der Waals surface area contributed by atoms with Crippen molar-refractivity contribution < 1.29 is 0 Å². The maximum absolute atomic E-state index is 2.53. The molecule has 0 heterocycles. The van der Waals surface area contributed by atoms with Crippen molar-refractivity contribution in [1.82, 2.24) is 0 Å². The summed E-state index contributed by atoms with van der Waals surface area (Å²) >= 11 is 0. The third kappa shape index (κ3) is 8.24. The second-order valence-corrected chi connectivity index (χ2v) is 23.3. The Hall–Kier alpha value is -10.8. The number of benzene rings is 16. The van der Waals surface area contributed by atoms with Gasteiger partial charge in [0.25, 0.3) is 0 Å². The number of para-hydroxylation sites is 2. The molecule has 2 nitrogen and oxygen atoms in total. The van der Waals surface area contributed by atoms with Gasteiger partial charge in [-0.1, -0.05) is 243 Å². The SMILES string of the molecule is Cc1cc(-c2ccc(N(c3ccc4c5ccccc5c5ccccc5c4c3)c3c(C)cccc3-c3cccc4ccccc34)c(C)c2)ccc1N(c1ccc2c3ccccc3c3ccccc3c2c1)c1c(C)cccc1-c1cccc2ccccc12. The van der Waals surface area contributed by atoms with E-state index < -0.39 is 0 Å². The van der Waals surface area contributed by atoms with Gasteiger partial charge >= 0.3 is 0 Å². The Morgan fingerprint density at radius 1 is 0.198 bits per heavy atom. The fraction of sp³-hybridized carbons (Fsp3) is 0.0476. The van der Waals surface area contributed by atoms with Gasteiger partial charge in [-0.25, -0.2) is 0 Å². The summed E-state index contributed by atoms with van der Waals surface area (Å²) in [6, 6.07) is 108. The number of anilines is 6. The lowest BCUT2D eigenvalue weighted by atomic mass is 9.92. The Bertz CT molecular complexity index is 5020. The van der Waals surface area contributed by atoms with Gasteiger partial charge in [0.05, 0.1) is 11.4 Å². The third-order valence-corrected chi connectivity index (χ3v) is 18.3. The van der Waals surface area contributed by atoms with E-state index in [1.54, 1.807) is 0 Å². The average Bonchev–Trinajstić information content (AvgIpc) is 1.14. The maximum atomic E-state index is 2.53. The van der Waals surface area contributed by atoms with E-state index in [0.717, 1.165) is 22.7 Å². The third-order valence-electron chi connectivity index (χ3n) is 18.3. The average molecular weight is 1100 g/mol. The van der Waals surface area contributed by atoms with Crippen LogP contribution >= 0.6 is 0 Å². The van der Waals surface area contributed by atoms with Crippen LogP contribution in [0.3, 0.4) is 0 Å². The van der Waals surface area contributed by atoms with Crippen molar-refractivity contribution in [1.29, 1.82) is 0 Å². The normalized spacial score (nSPS) is 11.7. The van der Waals surface area contributed by atoms with Gasteiger partial charge < -0.3 is 9.80 Å². The molecule has 0 N–H and O–H groups in total. The van der Waals surface area contributed by atoms with Crippen LogP contribution in [0.2, 0.25) is 0 Å². The smallest absolute Gasteiger partial charge is 0.0569 e. The molecule has 0 aliphatic rings. The molecule has 16 aromatic rings. The maximum Gasteiger partial charge on any atom is 0.0569 e. The Morgan fingerprint density at radius 3 is 0.849 bits per heavy atom. The van der Waals surface area contributed by atoms with E-state index in [0.29, 0.717) is 0 Å². The lowest BCUT2D eigenvalue weighted by molar-refractivity contribution is 1.23. The minimum atomic E-state index is 1.11. The summed E-state index contributed by atoms with van der Waals surface area (Å²) < 4.78 is 0. The molecule has 0 saturated carbocycles. The second-order valence-electron chi connectivity index (χ2n) is 23.3. The molecule has 16 rings (SSSR count). The molecule has 0 fully saturated rings. The van der Waals surface area contributed by atoms with Crippen LogP contribution in [-0.2, 0) is 0 Å². The topological polar surface area (TPSA) is 6.48 Å². The molecule has 0 aliphatic heterocycles. The number of aryl methyl sites for hydroxylation is 4. The Balaban J connectivity index is 0.875. The van der Waals surface area contributed by atoms with Gasteiger partial charge in [0.1, 0.15) is 0 Å². The lowest BCUT2D eigenvalue weighted by Crippen LogP contribution is -2.14. The van der Waals surface area contributed by atoms with Crippen LogP contribution in [0, 0.1) is 27.7 Å². The predicted octanol–water partition coefficient (Wildman–Crippen LogP) is 24.1. The summed E-state index contributed by atoms with van der Waals surface area (Å²) in [5, 5.41) is 20.0. The van der Waals surface area contributed by atoms with Crippen LogP contribution in [0.15, 0.2) is 291 Å². The molecule has 0 amide bonds. The molecular weight excluding hydrogens is 1040 g/mol. The van der Waals surface area contributed by atoms with Gasteiger partial charge in [0.15, 0.2) is 0 Å². The van der Waals surface area contributed by atoms with E-state index in [-0.39, 0.29) is 0 Å². The first-order valence-electron chi connectivity index (χ1n) is 30.0. The summed E-state index contributed by atoms with van der Waals surface area (Å²) in [5.74, 6) is 0. The van der Waals surface area contributed by atoms with E-state index in [2.05, 4.69) is 329 Å². The van der Waals surface area contributed by atoms with Crippen molar-refractivity contribution in [3.05, 3.63) is 313 Å². The monoisotopic (exact) mass is 1100 g/mol. The van der Waals surface area contributed by atoms with Crippen LogP contribution in [-0.4, -0.2) is 0 Å². The molecule has 0 spiro atoms. The highest BCUT2D eigenvalue weighted by Crippen LogP contribution is 2.51. The van der Waals surface area contributed by atoms with Gasteiger partial charge in [-0.2, -0.15) is 0 Å². The Labute approximate surface area is 501 Å². The standard InChI is InChI=1S/C84H60N2/c1-53-21-17-39-77(65-37-19-25-57-23-5-7-27-63(57)65)83(53)85(61-43-45-75-71-33-11-9-29-67(71)69-31-13-15-35-73(69)79(75)51-61)81-47-41-59(49-55(81)3)60-42-48-82(56(4)50-60)86(84-54(2)22-18-40-78(84)66-38-20-26-58-24-6-8-28-64(58)66)62-44-46-76-72-34-12-10-30-68(72)70-32-14-16-36-74(70)80(76)52-62/h5-52H,1-4H3. The van der Waals surface area contributed by atoms with Gasteiger partial charge in [0, 0.05) is 33.9 Å². The molecule has 0 atom stereocenters. The minimum Gasteiger partial charge on any atom is -0.309 e. The molecule has 0 bridgehead atoms. The van der Waals surface area contributed by atoms with E-state index >= 15 is 0 Å². The number of hydrogen-bond acceptors (Lipinski definition) is 2. The van der Waals surface area contributed by atoms with Gasteiger partial charge in [-0.05, 0) is 207 Å². The van der Waals surface area contributed by atoms with Crippen LogP contribution in [0.4, 0.5) is 34.1 Å². The summed E-state index contributed by atoms with van der Waals surface area (Å²) in [6.45, 7) is 9.10. The van der Waals surface area contributed by atoms with Crippen LogP contribution in [0.5, 0.6) is 0 Å². The van der Waals surface area contributed by atoms with Gasteiger partial charge in [-0.3, -0.25) is 0 Å². The first-order chi connectivity index (χ1) is 42.3. The van der Waals surface area contributed by atoms with Gasteiger partial charge in [0.2, 0.25) is 0 Å². The largest absolute Gasteiger partial charge is 0.309 e. The molecule has 16 aromatic carbocycles. The van der Waals surface area contributed by atoms with Gasteiger partial charge in [-0.15, -0.1) is 0 Å². The van der Waals surface area contributed by atoms with Crippen molar-refractivity contribution >= 4 is 120 Å². The zero-order valence-corrected chi connectivity index (χ0v) is 48.6. The fourth-order valence-electron chi connectivity index (χ4n) is 14.3. The van der Waals surface area contributed by atoms with Crippen molar-refractivity contribution in [2.24, 2.45) is 0 Å². The summed E-state index contributed by atoms with van der Waals surface area (Å²) in [6.07, 6.45) is 0. The molecule has 2 heteroatoms. The van der Waals surface area contributed by atoms with E-state index in [1.807, 2.05) is 0 Å². The van der Waals surface area contributed by atoms with Crippen LogP contribution in [0.25, 0.3) is 120 Å². The highest BCUT2D eigenvalue weighted by atomic mass is 15.2. The van der Waals surface area contributed by atoms with Crippen molar-refractivity contribution in [2.45, 2.75) is 27.7 Å². The molecule has 86 heavy (non-hydrogen) atoms. The Kier molecular flexibility index (Phi) is 12.1. The highest BCUT2D eigenvalue weighted by molar-refractivity contribution is 6.27. The lowest BCUT2D eigenvalue weighted by Gasteiger charge is -2.32. The predicted molar refractivity (Wildman–Crippen MR) is 371 cm³/mol. The van der Waals surface area contributed by atoms with Crippen molar-refractivity contribution in [3.63, 3.8) is 0 Å². The number of fused-ring (bicyclic) bond motifs is 14. The first-order valence-corrected chi connectivity index (χ1v) is 30.0. The molecular formula is C84H60N2. The Morgan fingerprint density at radius 2 is 0.488 bits per heavy atom. The summed E-state index contributed by atoms with van der Waals surface area (Å²) in [4.78, 5) is 5.07. The fourth-order valence-corrected chi connectivity index (χ4v) is 14.3. The van der Waals surface area contributed by atoms with E-state index in [1.165, 1.54) is 153 Å².